The molecule has 1 unspecified atom stereocenters. The van der Waals surface area contributed by atoms with Crippen molar-refractivity contribution in [3.8, 4) is 0 Å². The maximum Gasteiger partial charge on any atom is 0.253 e. The number of nitrogens with one attached hydrogen (secondary N) is 2. The van der Waals surface area contributed by atoms with Gasteiger partial charge in [0.15, 0.2) is 0 Å². The van der Waals surface area contributed by atoms with Crippen LogP contribution in [-0.4, -0.2) is 56.0 Å². The summed E-state index contributed by atoms with van der Waals surface area (Å²) in [5, 5.41) is 6.37. The zero-order chi connectivity index (χ0) is 21.0. The molecular weight excluding hydrogens is 411 g/mol. The number of piperazine rings is 1. The summed E-state index contributed by atoms with van der Waals surface area (Å²) < 4.78 is 0. The summed E-state index contributed by atoms with van der Waals surface area (Å²) in [6.07, 6.45) is 0. The summed E-state index contributed by atoms with van der Waals surface area (Å²) in [5.41, 5.74) is 1.86. The number of carbonyl (C=O) groups excluding carboxylic acids is 2. The fraction of sp³-hybridized carbons (Fsp3) is 0.333. The highest BCUT2D eigenvalue weighted by atomic mass is 35.5. The summed E-state index contributed by atoms with van der Waals surface area (Å²) in [6, 6.07) is 11.4. The number of likely N-dealkylation sites (N-methyl/N-ethyl adjacent to an activating group) is 1. The van der Waals surface area contributed by atoms with Gasteiger partial charge in [0.2, 0.25) is 5.91 Å². The molecule has 1 aliphatic heterocycles. The van der Waals surface area contributed by atoms with Gasteiger partial charge in [-0.1, -0.05) is 35.3 Å². The Hall–Kier alpha value is -2.28. The Balaban J connectivity index is 1.60. The van der Waals surface area contributed by atoms with E-state index in [0.29, 0.717) is 21.3 Å². The largest absolute Gasteiger partial charge is 0.368 e. The smallest absolute Gasteiger partial charge is 0.253 e. The van der Waals surface area contributed by atoms with E-state index in [-0.39, 0.29) is 5.91 Å². The molecule has 8 heteroatoms. The van der Waals surface area contributed by atoms with Crippen molar-refractivity contribution in [2.45, 2.75) is 13.0 Å². The van der Waals surface area contributed by atoms with Gasteiger partial charge in [0.05, 0.1) is 21.3 Å². The molecule has 0 spiro atoms. The first kappa shape index (κ1) is 21.4. The Morgan fingerprint density at radius 2 is 1.69 bits per heavy atom. The monoisotopic (exact) mass is 434 g/mol. The minimum absolute atomic E-state index is 0.327. The van der Waals surface area contributed by atoms with Crippen molar-refractivity contribution in [1.29, 1.82) is 0 Å². The third kappa shape index (κ3) is 5.41. The van der Waals surface area contributed by atoms with Crippen LogP contribution in [0.2, 0.25) is 10.0 Å². The zero-order valence-corrected chi connectivity index (χ0v) is 17.9. The van der Waals surface area contributed by atoms with Crippen LogP contribution in [0.3, 0.4) is 0 Å². The number of halogens is 2. The van der Waals surface area contributed by atoms with E-state index < -0.39 is 11.9 Å². The number of amides is 2. The second-order valence-corrected chi connectivity index (χ2v) is 7.94. The summed E-state index contributed by atoms with van der Waals surface area (Å²) in [7, 11) is 2.10. The predicted octanol–water partition coefficient (Wildman–Crippen LogP) is 3.50. The number of hydrogen-bond acceptors (Lipinski definition) is 4. The Morgan fingerprint density at radius 3 is 2.34 bits per heavy atom. The molecule has 2 N–H and O–H groups in total. The predicted molar refractivity (Wildman–Crippen MR) is 118 cm³/mol. The van der Waals surface area contributed by atoms with Crippen molar-refractivity contribution >= 4 is 46.4 Å². The van der Waals surface area contributed by atoms with Crippen molar-refractivity contribution < 1.29 is 9.59 Å². The molecule has 0 saturated carbocycles. The van der Waals surface area contributed by atoms with Crippen molar-refractivity contribution in [1.82, 2.24) is 10.2 Å². The van der Waals surface area contributed by atoms with Gasteiger partial charge in [-0.05, 0) is 44.3 Å². The molecule has 6 nitrogen and oxygen atoms in total. The van der Waals surface area contributed by atoms with Crippen LogP contribution in [0.25, 0.3) is 0 Å². The van der Waals surface area contributed by atoms with E-state index in [1.807, 2.05) is 12.1 Å². The molecular formula is C21H24Cl2N4O2. The molecule has 0 aliphatic carbocycles. The molecule has 1 aliphatic rings. The topological polar surface area (TPSA) is 64.7 Å². The van der Waals surface area contributed by atoms with E-state index in [1.54, 1.807) is 37.3 Å². The Bertz CT molecular complexity index is 898. The van der Waals surface area contributed by atoms with Crippen LogP contribution in [0.5, 0.6) is 0 Å². The molecule has 1 heterocycles. The molecule has 2 aromatic carbocycles. The lowest BCUT2D eigenvalue weighted by Gasteiger charge is -2.34. The van der Waals surface area contributed by atoms with Gasteiger partial charge in [0.1, 0.15) is 6.04 Å². The first-order valence-electron chi connectivity index (χ1n) is 9.44. The number of nitrogens with zero attached hydrogens (tertiary/aromatic N) is 2. The Kier molecular flexibility index (Phi) is 7.00. The van der Waals surface area contributed by atoms with E-state index in [1.165, 1.54) is 0 Å². The molecule has 3 rings (SSSR count). The van der Waals surface area contributed by atoms with Gasteiger partial charge in [-0.15, -0.1) is 0 Å². The van der Waals surface area contributed by atoms with E-state index in [0.717, 1.165) is 31.9 Å². The van der Waals surface area contributed by atoms with Gasteiger partial charge in [-0.2, -0.15) is 0 Å². The van der Waals surface area contributed by atoms with Gasteiger partial charge in [-0.3, -0.25) is 9.59 Å². The summed E-state index contributed by atoms with van der Waals surface area (Å²) in [5.74, 6) is -0.740. The Labute approximate surface area is 180 Å². The molecule has 2 amide bonds. The lowest BCUT2D eigenvalue weighted by Crippen LogP contribution is -2.44. The van der Waals surface area contributed by atoms with Crippen LogP contribution in [0, 0.1) is 0 Å². The van der Waals surface area contributed by atoms with Crippen molar-refractivity contribution in [3.05, 3.63) is 58.1 Å². The number of hydrogen-bond donors (Lipinski definition) is 2. The third-order valence-corrected chi connectivity index (χ3v) is 5.55. The molecule has 0 bridgehead atoms. The molecule has 2 aromatic rings. The highest BCUT2D eigenvalue weighted by Crippen LogP contribution is 2.29. The van der Waals surface area contributed by atoms with E-state index in [4.69, 9.17) is 23.2 Å². The second-order valence-electron chi connectivity index (χ2n) is 7.12. The average Bonchev–Trinajstić information content (AvgIpc) is 2.69. The normalized spacial score (nSPS) is 15.7. The van der Waals surface area contributed by atoms with Gasteiger partial charge >= 0.3 is 0 Å². The molecule has 154 valence electrons. The lowest BCUT2D eigenvalue weighted by molar-refractivity contribution is -0.117. The Morgan fingerprint density at radius 1 is 1.00 bits per heavy atom. The maximum absolute atomic E-state index is 12.5. The van der Waals surface area contributed by atoms with Crippen LogP contribution >= 0.6 is 23.2 Å². The number of rotatable bonds is 5. The number of carbonyl (C=O) groups is 2. The molecule has 0 aromatic heterocycles. The van der Waals surface area contributed by atoms with Crippen LogP contribution in [0.4, 0.5) is 11.4 Å². The van der Waals surface area contributed by atoms with E-state index in [2.05, 4.69) is 27.5 Å². The molecule has 0 radical (unpaired) electrons. The standard InChI is InChI=1S/C21H24Cl2N4O2/c1-14(24-21(29)16-5-3-4-6-17(16)22)20(28)25-15-7-8-19(18(23)13-15)27-11-9-26(2)10-12-27/h3-8,13-14H,9-12H2,1-2H3,(H,24,29)(H,25,28). The van der Waals surface area contributed by atoms with E-state index >= 15 is 0 Å². The highest BCUT2D eigenvalue weighted by Gasteiger charge is 2.20. The first-order chi connectivity index (χ1) is 13.8. The summed E-state index contributed by atoms with van der Waals surface area (Å²) >= 11 is 12.5. The van der Waals surface area contributed by atoms with Gasteiger partial charge in [-0.25, -0.2) is 0 Å². The molecule has 1 fully saturated rings. The van der Waals surface area contributed by atoms with Crippen LogP contribution in [0.1, 0.15) is 17.3 Å². The van der Waals surface area contributed by atoms with Crippen molar-refractivity contribution in [3.63, 3.8) is 0 Å². The van der Waals surface area contributed by atoms with Crippen molar-refractivity contribution in [2.75, 3.05) is 43.4 Å². The summed E-state index contributed by atoms with van der Waals surface area (Å²) in [4.78, 5) is 29.3. The highest BCUT2D eigenvalue weighted by molar-refractivity contribution is 6.34. The van der Waals surface area contributed by atoms with Crippen LogP contribution in [-0.2, 0) is 4.79 Å². The fourth-order valence-electron chi connectivity index (χ4n) is 3.12. The second kappa shape index (κ2) is 9.48. The molecule has 1 atom stereocenters. The maximum atomic E-state index is 12.5. The summed E-state index contributed by atoms with van der Waals surface area (Å²) in [6.45, 7) is 5.40. The van der Waals surface area contributed by atoms with Crippen molar-refractivity contribution in [2.24, 2.45) is 0 Å². The van der Waals surface area contributed by atoms with E-state index in [9.17, 15) is 9.59 Å². The number of benzene rings is 2. The average molecular weight is 435 g/mol. The third-order valence-electron chi connectivity index (χ3n) is 4.92. The lowest BCUT2D eigenvalue weighted by atomic mass is 10.2. The first-order valence-corrected chi connectivity index (χ1v) is 10.2. The van der Waals surface area contributed by atoms with Crippen LogP contribution < -0.4 is 15.5 Å². The molecule has 1 saturated heterocycles. The SMILES string of the molecule is CC(NC(=O)c1ccccc1Cl)C(=O)Nc1ccc(N2CCN(C)CC2)c(Cl)c1. The van der Waals surface area contributed by atoms with Crippen LogP contribution in [0.15, 0.2) is 42.5 Å². The van der Waals surface area contributed by atoms with Gasteiger partial charge in [0.25, 0.3) is 5.91 Å². The number of anilines is 2. The minimum atomic E-state index is -0.741. The molecule has 29 heavy (non-hydrogen) atoms. The van der Waals surface area contributed by atoms with Gasteiger partial charge in [0, 0.05) is 31.9 Å². The quantitative estimate of drug-likeness (QED) is 0.755. The zero-order valence-electron chi connectivity index (χ0n) is 16.4. The fourth-order valence-corrected chi connectivity index (χ4v) is 3.65. The van der Waals surface area contributed by atoms with Gasteiger partial charge < -0.3 is 20.4 Å². The minimum Gasteiger partial charge on any atom is -0.368 e.